The van der Waals surface area contributed by atoms with Gasteiger partial charge in [0.25, 0.3) is 20.2 Å². The lowest BCUT2D eigenvalue weighted by Crippen LogP contribution is -2.28. The van der Waals surface area contributed by atoms with Crippen molar-refractivity contribution >= 4 is 20.2 Å². The molecule has 3 rings (SSSR count). The second-order valence-electron chi connectivity index (χ2n) is 8.75. The fourth-order valence-electron chi connectivity index (χ4n) is 3.35. The molecule has 3 aromatic carbocycles. The standard InChI is InChI=1S/C28H34O9S2/c1-23-8-12-27(13-9-23)38(29,30)36-18-16-33-21-26(22-34-20-25-6-4-3-5-7-25)35-17-19-37-39(31,32)28-14-10-24(2)11-15-28/h3-15,26H,16-22H2,1-2H3/t26-/m0/s1. The van der Waals surface area contributed by atoms with Gasteiger partial charge in [0.15, 0.2) is 0 Å². The van der Waals surface area contributed by atoms with Gasteiger partial charge in [-0.3, -0.25) is 8.37 Å². The Morgan fingerprint density at radius 1 is 0.590 bits per heavy atom. The van der Waals surface area contributed by atoms with Gasteiger partial charge in [-0.05, 0) is 43.7 Å². The summed E-state index contributed by atoms with van der Waals surface area (Å²) in [4.78, 5) is 0.143. The third kappa shape index (κ3) is 10.8. The monoisotopic (exact) mass is 578 g/mol. The average molecular weight is 579 g/mol. The number of aryl methyl sites for hydroxylation is 2. The van der Waals surface area contributed by atoms with E-state index >= 15 is 0 Å². The van der Waals surface area contributed by atoms with Gasteiger partial charge in [0, 0.05) is 0 Å². The lowest BCUT2D eigenvalue weighted by Gasteiger charge is -2.18. The maximum Gasteiger partial charge on any atom is 0.297 e. The van der Waals surface area contributed by atoms with Gasteiger partial charge in [0.1, 0.15) is 6.10 Å². The molecule has 39 heavy (non-hydrogen) atoms. The van der Waals surface area contributed by atoms with E-state index in [2.05, 4.69) is 0 Å². The molecule has 0 heterocycles. The molecule has 0 amide bonds. The first-order valence-corrected chi connectivity index (χ1v) is 15.2. The molecule has 0 radical (unpaired) electrons. The van der Waals surface area contributed by atoms with Crippen molar-refractivity contribution in [3.8, 4) is 0 Å². The van der Waals surface area contributed by atoms with Gasteiger partial charge >= 0.3 is 0 Å². The maximum atomic E-state index is 12.4. The molecule has 0 saturated carbocycles. The van der Waals surface area contributed by atoms with E-state index in [1.807, 2.05) is 44.2 Å². The minimum atomic E-state index is -3.91. The van der Waals surface area contributed by atoms with E-state index in [0.717, 1.165) is 16.7 Å². The smallest absolute Gasteiger partial charge is 0.297 e. The van der Waals surface area contributed by atoms with Crippen LogP contribution in [0.2, 0.25) is 0 Å². The van der Waals surface area contributed by atoms with Gasteiger partial charge in [-0.2, -0.15) is 16.8 Å². The summed E-state index contributed by atoms with van der Waals surface area (Å²) < 4.78 is 76.6. The number of rotatable bonds is 17. The van der Waals surface area contributed by atoms with Crippen LogP contribution in [0.5, 0.6) is 0 Å². The summed E-state index contributed by atoms with van der Waals surface area (Å²) in [5.74, 6) is 0. The Balaban J connectivity index is 1.45. The van der Waals surface area contributed by atoms with Crippen LogP contribution in [0.1, 0.15) is 16.7 Å². The fraction of sp³-hybridized carbons (Fsp3) is 0.357. The van der Waals surface area contributed by atoms with E-state index in [4.69, 9.17) is 22.6 Å². The van der Waals surface area contributed by atoms with Crippen molar-refractivity contribution in [3.63, 3.8) is 0 Å². The fourth-order valence-corrected chi connectivity index (χ4v) is 5.13. The topological polar surface area (TPSA) is 114 Å². The molecule has 0 spiro atoms. The van der Waals surface area contributed by atoms with Crippen LogP contribution in [0, 0.1) is 13.8 Å². The molecule has 0 N–H and O–H groups in total. The molecule has 0 fully saturated rings. The molecule has 0 bridgehead atoms. The number of ether oxygens (including phenoxy) is 3. The Hall–Kier alpha value is -2.64. The first-order valence-electron chi connectivity index (χ1n) is 12.4. The van der Waals surface area contributed by atoms with E-state index in [1.165, 1.54) is 24.3 Å². The van der Waals surface area contributed by atoms with Crippen molar-refractivity contribution in [2.45, 2.75) is 36.3 Å². The second kappa shape index (κ2) is 15.2. The summed E-state index contributed by atoms with van der Waals surface area (Å²) in [6.45, 7) is 3.94. The molecule has 9 nitrogen and oxygen atoms in total. The van der Waals surface area contributed by atoms with E-state index in [9.17, 15) is 16.8 Å². The lowest BCUT2D eigenvalue weighted by atomic mass is 10.2. The highest BCUT2D eigenvalue weighted by molar-refractivity contribution is 7.87. The van der Waals surface area contributed by atoms with Gasteiger partial charge in [0.2, 0.25) is 0 Å². The minimum Gasteiger partial charge on any atom is -0.376 e. The zero-order valence-electron chi connectivity index (χ0n) is 22.0. The molecule has 212 valence electrons. The Kier molecular flexibility index (Phi) is 12.1. The molecule has 11 heteroatoms. The second-order valence-corrected chi connectivity index (χ2v) is 12.0. The molecule has 0 aliphatic carbocycles. The first-order chi connectivity index (χ1) is 18.7. The molecular weight excluding hydrogens is 544 g/mol. The van der Waals surface area contributed by atoms with Gasteiger partial charge in [-0.15, -0.1) is 0 Å². The summed E-state index contributed by atoms with van der Waals surface area (Å²) in [5, 5.41) is 0. The molecule has 0 unspecified atom stereocenters. The van der Waals surface area contributed by atoms with Crippen LogP contribution >= 0.6 is 0 Å². The molecule has 3 aromatic rings. The molecule has 0 saturated heterocycles. The normalized spacial score (nSPS) is 12.9. The van der Waals surface area contributed by atoms with Crippen molar-refractivity contribution in [2.24, 2.45) is 0 Å². The molecule has 0 aliphatic rings. The van der Waals surface area contributed by atoms with Crippen LogP contribution < -0.4 is 0 Å². The highest BCUT2D eigenvalue weighted by Gasteiger charge is 2.17. The summed E-state index contributed by atoms with van der Waals surface area (Å²) in [7, 11) is -7.80. The number of hydrogen-bond donors (Lipinski definition) is 0. The third-order valence-corrected chi connectivity index (χ3v) is 8.13. The zero-order valence-corrected chi connectivity index (χ0v) is 23.7. The quantitative estimate of drug-likeness (QED) is 0.173. The van der Waals surface area contributed by atoms with Crippen LogP contribution in [0.15, 0.2) is 88.7 Å². The van der Waals surface area contributed by atoms with Crippen molar-refractivity contribution in [1.82, 2.24) is 0 Å². The highest BCUT2D eigenvalue weighted by Crippen LogP contribution is 2.14. The Morgan fingerprint density at radius 2 is 1.08 bits per heavy atom. The van der Waals surface area contributed by atoms with E-state index in [1.54, 1.807) is 24.3 Å². The maximum absolute atomic E-state index is 12.4. The Bertz CT molecular complexity index is 1340. The van der Waals surface area contributed by atoms with Crippen LogP contribution in [-0.4, -0.2) is 62.6 Å². The summed E-state index contributed by atoms with van der Waals surface area (Å²) in [5.41, 5.74) is 2.86. The largest absolute Gasteiger partial charge is 0.376 e. The zero-order chi connectivity index (χ0) is 28.1. The van der Waals surface area contributed by atoms with Crippen molar-refractivity contribution in [2.75, 3.05) is 39.6 Å². The van der Waals surface area contributed by atoms with Crippen LogP contribution in [-0.2, 0) is 49.4 Å². The average Bonchev–Trinajstić information content (AvgIpc) is 2.91. The van der Waals surface area contributed by atoms with E-state index in [-0.39, 0.29) is 49.4 Å². The third-order valence-electron chi connectivity index (χ3n) is 5.48. The van der Waals surface area contributed by atoms with Gasteiger partial charge in [-0.25, -0.2) is 0 Å². The minimum absolute atomic E-state index is 0.00192. The van der Waals surface area contributed by atoms with Gasteiger partial charge in [0.05, 0.1) is 56.0 Å². The van der Waals surface area contributed by atoms with Crippen molar-refractivity contribution in [3.05, 3.63) is 95.6 Å². The van der Waals surface area contributed by atoms with Crippen LogP contribution in [0.3, 0.4) is 0 Å². The highest BCUT2D eigenvalue weighted by atomic mass is 32.2. The molecule has 1 atom stereocenters. The molecule has 0 aliphatic heterocycles. The molecule has 0 aromatic heterocycles. The van der Waals surface area contributed by atoms with Crippen LogP contribution in [0.4, 0.5) is 0 Å². The predicted octanol–water partition coefficient (Wildman–Crippen LogP) is 4.03. The van der Waals surface area contributed by atoms with E-state index in [0.29, 0.717) is 6.61 Å². The summed E-state index contributed by atoms with van der Waals surface area (Å²) in [6.07, 6.45) is -0.548. The van der Waals surface area contributed by atoms with Gasteiger partial charge < -0.3 is 14.2 Å². The predicted molar refractivity (Wildman–Crippen MR) is 145 cm³/mol. The SMILES string of the molecule is Cc1ccc(S(=O)(=O)OCCOC[C@@H](COCc2ccccc2)OCCOS(=O)(=O)c2ccc(C)cc2)cc1. The van der Waals surface area contributed by atoms with Crippen molar-refractivity contribution < 1.29 is 39.4 Å². The number of hydrogen-bond acceptors (Lipinski definition) is 9. The Labute approximate surface area is 230 Å². The first kappa shape index (κ1) is 30.9. The van der Waals surface area contributed by atoms with Crippen LogP contribution in [0.25, 0.3) is 0 Å². The molecular formula is C28H34O9S2. The number of benzene rings is 3. The van der Waals surface area contributed by atoms with E-state index < -0.39 is 26.3 Å². The van der Waals surface area contributed by atoms with Crippen molar-refractivity contribution in [1.29, 1.82) is 0 Å². The lowest BCUT2D eigenvalue weighted by molar-refractivity contribution is -0.0705. The Morgan fingerprint density at radius 3 is 1.62 bits per heavy atom. The van der Waals surface area contributed by atoms with Gasteiger partial charge in [-0.1, -0.05) is 65.7 Å². The summed E-state index contributed by atoms with van der Waals surface area (Å²) in [6, 6.07) is 22.3. The summed E-state index contributed by atoms with van der Waals surface area (Å²) >= 11 is 0.